The molecule has 1 aliphatic rings. The molecule has 0 radical (unpaired) electrons. The topological polar surface area (TPSA) is 43.3 Å². The highest BCUT2D eigenvalue weighted by molar-refractivity contribution is 5.20. The van der Waals surface area contributed by atoms with Crippen molar-refractivity contribution in [1.29, 1.82) is 0 Å². The van der Waals surface area contributed by atoms with E-state index in [2.05, 4.69) is 25.2 Å². The third-order valence-corrected chi connectivity index (χ3v) is 3.53. The Morgan fingerprint density at radius 2 is 2.16 bits per heavy atom. The molecule has 1 fully saturated rings. The van der Waals surface area contributed by atoms with Crippen LogP contribution in [0, 0.1) is 0 Å². The van der Waals surface area contributed by atoms with Gasteiger partial charge in [0, 0.05) is 37.5 Å². The molecule has 2 rings (SSSR count). The molecule has 0 bridgehead atoms. The Bertz CT molecular complexity index is 476. The Kier molecular flexibility index (Phi) is 4.77. The monoisotopic (exact) mass is 264 g/mol. The number of ether oxygens (including phenoxy) is 1. The van der Waals surface area contributed by atoms with E-state index in [-0.39, 0.29) is 5.56 Å². The molecule has 0 spiro atoms. The lowest BCUT2D eigenvalue weighted by atomic mass is 10.1. The van der Waals surface area contributed by atoms with Crippen LogP contribution in [0.5, 0.6) is 0 Å². The number of pyridine rings is 1. The van der Waals surface area contributed by atoms with Crippen molar-refractivity contribution in [1.82, 2.24) is 9.88 Å². The highest BCUT2D eigenvalue weighted by Gasteiger charge is 2.28. The largest absolute Gasteiger partial charge is 0.383 e. The molecule has 1 aromatic heterocycles. The van der Waals surface area contributed by atoms with Crippen molar-refractivity contribution in [3.05, 3.63) is 33.7 Å². The zero-order valence-corrected chi connectivity index (χ0v) is 12.1. The maximum Gasteiger partial charge on any atom is 0.255 e. The van der Waals surface area contributed by atoms with Gasteiger partial charge in [-0.15, -0.1) is 0 Å². The number of nitrogens with zero attached hydrogens (tertiary/aromatic N) is 1. The molecule has 106 valence electrons. The smallest absolute Gasteiger partial charge is 0.255 e. The molecule has 1 aliphatic carbocycles. The lowest BCUT2D eigenvalue weighted by Crippen LogP contribution is -2.30. The van der Waals surface area contributed by atoms with E-state index in [1.165, 1.54) is 0 Å². The second kappa shape index (κ2) is 6.35. The van der Waals surface area contributed by atoms with E-state index < -0.39 is 0 Å². The van der Waals surface area contributed by atoms with E-state index in [0.29, 0.717) is 25.1 Å². The van der Waals surface area contributed by atoms with Crippen LogP contribution in [0.15, 0.2) is 16.9 Å². The average molecular weight is 264 g/mol. The number of hydrogen-bond acceptors (Lipinski definition) is 3. The first-order chi connectivity index (χ1) is 9.15. The number of aromatic nitrogens is 1. The molecule has 1 aromatic rings. The van der Waals surface area contributed by atoms with E-state index in [1.807, 2.05) is 10.6 Å². The van der Waals surface area contributed by atoms with Gasteiger partial charge in [-0.25, -0.2) is 0 Å². The fraction of sp³-hybridized carbons (Fsp3) is 0.667. The van der Waals surface area contributed by atoms with Crippen molar-refractivity contribution in [3.63, 3.8) is 0 Å². The summed E-state index contributed by atoms with van der Waals surface area (Å²) in [7, 11) is 1.68. The number of hydrogen-bond donors (Lipinski definition) is 1. The molecule has 0 unspecified atom stereocenters. The maximum atomic E-state index is 12.5. The summed E-state index contributed by atoms with van der Waals surface area (Å²) in [6, 6.07) is 4.51. The highest BCUT2D eigenvalue weighted by atomic mass is 16.5. The minimum Gasteiger partial charge on any atom is -0.383 e. The van der Waals surface area contributed by atoms with Crippen LogP contribution in [0.1, 0.15) is 49.9 Å². The van der Waals surface area contributed by atoms with Crippen LogP contribution in [-0.4, -0.2) is 24.8 Å². The summed E-state index contributed by atoms with van der Waals surface area (Å²) in [6.45, 7) is 6.34. The van der Waals surface area contributed by atoms with Gasteiger partial charge in [0.15, 0.2) is 0 Å². The fourth-order valence-electron chi connectivity index (χ4n) is 2.32. The Morgan fingerprint density at radius 3 is 2.74 bits per heavy atom. The van der Waals surface area contributed by atoms with Gasteiger partial charge >= 0.3 is 0 Å². The molecule has 0 amide bonds. The normalized spacial score (nSPS) is 15.2. The van der Waals surface area contributed by atoms with Crippen LogP contribution < -0.4 is 10.9 Å². The molecule has 1 N–H and O–H groups in total. The third-order valence-electron chi connectivity index (χ3n) is 3.53. The van der Waals surface area contributed by atoms with E-state index in [1.54, 1.807) is 7.11 Å². The SMILES string of the molecule is COCCNCc1ccc(C(C)C)n(C2CC2)c1=O. The summed E-state index contributed by atoms with van der Waals surface area (Å²) in [5.41, 5.74) is 2.19. The third kappa shape index (κ3) is 3.45. The zero-order chi connectivity index (χ0) is 13.8. The lowest BCUT2D eigenvalue weighted by molar-refractivity contribution is 0.199. The lowest BCUT2D eigenvalue weighted by Gasteiger charge is -2.16. The quantitative estimate of drug-likeness (QED) is 0.766. The van der Waals surface area contributed by atoms with E-state index in [0.717, 1.165) is 30.6 Å². The average Bonchev–Trinajstić information content (AvgIpc) is 3.19. The second-order valence-corrected chi connectivity index (χ2v) is 5.51. The minimum atomic E-state index is 0.179. The zero-order valence-electron chi connectivity index (χ0n) is 12.1. The summed E-state index contributed by atoms with van der Waals surface area (Å²) in [5.74, 6) is 0.392. The van der Waals surface area contributed by atoms with Gasteiger partial charge in [0.1, 0.15) is 0 Å². The van der Waals surface area contributed by atoms with Gasteiger partial charge in [-0.1, -0.05) is 19.9 Å². The van der Waals surface area contributed by atoms with E-state index >= 15 is 0 Å². The first-order valence-electron chi connectivity index (χ1n) is 7.09. The van der Waals surface area contributed by atoms with Crippen molar-refractivity contribution >= 4 is 0 Å². The maximum absolute atomic E-state index is 12.5. The first kappa shape index (κ1) is 14.3. The van der Waals surface area contributed by atoms with Gasteiger partial charge in [0.25, 0.3) is 5.56 Å². The van der Waals surface area contributed by atoms with Crippen LogP contribution in [-0.2, 0) is 11.3 Å². The summed E-state index contributed by atoms with van der Waals surface area (Å²) >= 11 is 0. The first-order valence-corrected chi connectivity index (χ1v) is 7.09. The second-order valence-electron chi connectivity index (χ2n) is 5.51. The molecular weight excluding hydrogens is 240 g/mol. The molecule has 0 aromatic carbocycles. The van der Waals surface area contributed by atoms with Crippen LogP contribution >= 0.6 is 0 Å². The molecule has 4 nitrogen and oxygen atoms in total. The highest BCUT2D eigenvalue weighted by Crippen LogP contribution is 2.36. The molecule has 19 heavy (non-hydrogen) atoms. The number of nitrogens with one attached hydrogen (secondary N) is 1. The molecule has 4 heteroatoms. The summed E-state index contributed by atoms with van der Waals surface area (Å²) < 4.78 is 7.00. The van der Waals surface area contributed by atoms with Crippen LogP contribution in [0.3, 0.4) is 0 Å². The van der Waals surface area contributed by atoms with Crippen molar-refractivity contribution in [3.8, 4) is 0 Å². The Hall–Kier alpha value is -1.13. The Morgan fingerprint density at radius 1 is 1.42 bits per heavy atom. The number of rotatable bonds is 7. The van der Waals surface area contributed by atoms with Crippen molar-refractivity contribution in [2.75, 3.05) is 20.3 Å². The molecule has 1 heterocycles. The fourth-order valence-corrected chi connectivity index (χ4v) is 2.32. The molecule has 0 atom stereocenters. The molecule has 1 saturated carbocycles. The summed E-state index contributed by atoms with van der Waals surface area (Å²) in [6.07, 6.45) is 2.28. The Labute approximate surface area is 114 Å². The van der Waals surface area contributed by atoms with Gasteiger partial charge in [0.2, 0.25) is 0 Å². The van der Waals surface area contributed by atoms with E-state index in [4.69, 9.17) is 4.74 Å². The standard InChI is InChI=1S/C15H24N2O2/c1-11(2)14-7-4-12(10-16-8-9-19-3)15(18)17(14)13-5-6-13/h4,7,11,13,16H,5-6,8-10H2,1-3H3. The van der Waals surface area contributed by atoms with Crippen LogP contribution in [0.25, 0.3) is 0 Å². The van der Waals surface area contributed by atoms with Gasteiger partial charge in [-0.3, -0.25) is 4.79 Å². The van der Waals surface area contributed by atoms with Crippen molar-refractivity contribution in [2.24, 2.45) is 0 Å². The Balaban J connectivity index is 2.17. The summed E-state index contributed by atoms with van der Waals surface area (Å²) in [4.78, 5) is 12.5. The van der Waals surface area contributed by atoms with Gasteiger partial charge < -0.3 is 14.6 Å². The molecular formula is C15H24N2O2. The van der Waals surface area contributed by atoms with Gasteiger partial charge in [0.05, 0.1) is 6.61 Å². The predicted octanol–water partition coefficient (Wildman–Crippen LogP) is 2.04. The summed E-state index contributed by atoms with van der Waals surface area (Å²) in [5, 5.41) is 3.24. The van der Waals surface area contributed by atoms with E-state index in [9.17, 15) is 4.79 Å². The minimum absolute atomic E-state index is 0.179. The van der Waals surface area contributed by atoms with Crippen molar-refractivity contribution in [2.45, 2.75) is 45.2 Å². The molecule has 0 aliphatic heterocycles. The van der Waals surface area contributed by atoms with Crippen molar-refractivity contribution < 1.29 is 4.74 Å². The number of methoxy groups -OCH3 is 1. The van der Waals surface area contributed by atoms with Gasteiger partial charge in [-0.05, 0) is 24.8 Å². The van der Waals surface area contributed by atoms with Crippen LogP contribution in [0.2, 0.25) is 0 Å². The van der Waals surface area contributed by atoms with Gasteiger partial charge in [-0.2, -0.15) is 0 Å². The predicted molar refractivity (Wildman–Crippen MR) is 76.6 cm³/mol. The van der Waals surface area contributed by atoms with Crippen LogP contribution in [0.4, 0.5) is 0 Å². The molecule has 0 saturated heterocycles.